The number of hydrogen-bond acceptors (Lipinski definition) is 7. The van der Waals surface area contributed by atoms with Gasteiger partial charge in [-0.15, -0.1) is 0 Å². The number of carbonyl (C=O) groups is 2. The molecular formula is C30H33N5O5. The van der Waals surface area contributed by atoms with Crippen LogP contribution in [0.25, 0.3) is 10.9 Å². The van der Waals surface area contributed by atoms with Crippen LogP contribution in [0.3, 0.4) is 0 Å². The normalized spacial score (nSPS) is 11.2. The predicted molar refractivity (Wildman–Crippen MR) is 155 cm³/mol. The smallest absolute Gasteiger partial charge is 0.412 e. The fourth-order valence-corrected chi connectivity index (χ4v) is 4.19. The van der Waals surface area contributed by atoms with E-state index >= 15 is 0 Å². The number of fused-ring (bicyclic) bond motifs is 1. The SMILES string of the molecule is CCN(C(=O)N(CCc1ccccc1)c1nc2ccc(NC(=O)OC(C)(C)C)c(C)c2c(=O)o1)c1ccccn1. The molecule has 0 aliphatic rings. The highest BCUT2D eigenvalue weighted by Crippen LogP contribution is 2.26. The number of carbonyl (C=O) groups excluding carboxylic acids is 2. The van der Waals surface area contributed by atoms with Gasteiger partial charge < -0.3 is 9.15 Å². The van der Waals surface area contributed by atoms with Crippen molar-refractivity contribution >= 4 is 40.5 Å². The Morgan fingerprint density at radius 3 is 2.38 bits per heavy atom. The largest absolute Gasteiger partial charge is 0.444 e. The van der Waals surface area contributed by atoms with Crippen LogP contribution in [0.5, 0.6) is 0 Å². The van der Waals surface area contributed by atoms with Gasteiger partial charge in [0.25, 0.3) is 0 Å². The summed E-state index contributed by atoms with van der Waals surface area (Å²) >= 11 is 0. The van der Waals surface area contributed by atoms with Gasteiger partial charge in [-0.05, 0) is 76.4 Å². The molecule has 40 heavy (non-hydrogen) atoms. The summed E-state index contributed by atoms with van der Waals surface area (Å²) in [7, 11) is 0. The minimum Gasteiger partial charge on any atom is -0.444 e. The first-order chi connectivity index (χ1) is 19.1. The van der Waals surface area contributed by atoms with Crippen LogP contribution < -0.4 is 20.7 Å². The van der Waals surface area contributed by atoms with Crippen molar-refractivity contribution in [2.24, 2.45) is 0 Å². The second-order valence-corrected chi connectivity index (χ2v) is 10.1. The zero-order valence-corrected chi connectivity index (χ0v) is 23.3. The number of aryl methyl sites for hydroxylation is 1. The number of urea groups is 1. The Hall–Kier alpha value is -4.73. The van der Waals surface area contributed by atoms with E-state index < -0.39 is 23.4 Å². The summed E-state index contributed by atoms with van der Waals surface area (Å²) in [6, 6.07) is 17.7. The summed E-state index contributed by atoms with van der Waals surface area (Å²) < 4.78 is 11.0. The van der Waals surface area contributed by atoms with Crippen molar-refractivity contribution in [3.63, 3.8) is 0 Å². The molecule has 0 fully saturated rings. The summed E-state index contributed by atoms with van der Waals surface area (Å²) in [6.45, 7) is 9.37. The Morgan fingerprint density at radius 1 is 1.00 bits per heavy atom. The summed E-state index contributed by atoms with van der Waals surface area (Å²) in [5.41, 5.74) is 0.857. The number of ether oxygens (including phenoxy) is 1. The van der Waals surface area contributed by atoms with Gasteiger partial charge in [-0.25, -0.2) is 24.3 Å². The number of nitrogens with zero attached hydrogens (tertiary/aromatic N) is 4. The predicted octanol–water partition coefficient (Wildman–Crippen LogP) is 5.93. The molecule has 0 spiro atoms. The van der Waals surface area contributed by atoms with Crippen LogP contribution in [0.2, 0.25) is 0 Å². The molecule has 0 saturated heterocycles. The Bertz CT molecular complexity index is 1550. The number of aromatic nitrogens is 2. The minimum atomic E-state index is -0.679. The molecule has 10 heteroatoms. The number of anilines is 3. The Morgan fingerprint density at radius 2 is 1.73 bits per heavy atom. The lowest BCUT2D eigenvalue weighted by molar-refractivity contribution is 0.0635. The molecule has 0 radical (unpaired) electrons. The Labute approximate surface area is 232 Å². The molecule has 4 rings (SSSR count). The molecule has 0 aliphatic heterocycles. The highest BCUT2D eigenvalue weighted by Gasteiger charge is 2.28. The standard InChI is InChI=1S/C30H33N5O5/c1-6-34(24-14-10-11-18-31-24)29(38)35(19-17-21-12-8-7-9-13-21)27-32-23-16-15-22(20(2)25(23)26(36)39-27)33-28(37)40-30(3,4)5/h7-16,18H,6,17,19H2,1-5H3,(H,33,37). The zero-order chi connectivity index (χ0) is 28.9. The van der Waals surface area contributed by atoms with Crippen LogP contribution in [0, 0.1) is 6.92 Å². The fourth-order valence-electron chi connectivity index (χ4n) is 4.19. The lowest BCUT2D eigenvalue weighted by Crippen LogP contribution is -2.45. The monoisotopic (exact) mass is 543 g/mol. The average molecular weight is 544 g/mol. The van der Waals surface area contributed by atoms with Crippen LogP contribution in [0.1, 0.15) is 38.8 Å². The third-order valence-corrected chi connectivity index (χ3v) is 6.08. The molecule has 10 nitrogen and oxygen atoms in total. The number of rotatable bonds is 7. The molecular weight excluding hydrogens is 510 g/mol. The van der Waals surface area contributed by atoms with Gasteiger partial charge in [-0.2, -0.15) is 4.98 Å². The molecule has 4 aromatic rings. The minimum absolute atomic E-state index is 0.125. The van der Waals surface area contributed by atoms with Gasteiger partial charge >= 0.3 is 23.8 Å². The lowest BCUT2D eigenvalue weighted by Gasteiger charge is -2.27. The molecule has 0 atom stereocenters. The Balaban J connectivity index is 1.72. The number of nitrogens with one attached hydrogen (secondary N) is 1. The van der Waals surface area contributed by atoms with E-state index in [4.69, 9.17) is 9.15 Å². The van der Waals surface area contributed by atoms with Crippen LogP contribution in [0.4, 0.5) is 27.1 Å². The van der Waals surface area contributed by atoms with Crippen LogP contribution in [-0.4, -0.2) is 40.8 Å². The maximum Gasteiger partial charge on any atom is 0.412 e. The van der Waals surface area contributed by atoms with Crippen molar-refractivity contribution in [3.05, 3.63) is 88.4 Å². The van der Waals surface area contributed by atoms with Gasteiger partial charge in [0, 0.05) is 25.0 Å². The van der Waals surface area contributed by atoms with Crippen molar-refractivity contribution in [1.29, 1.82) is 0 Å². The van der Waals surface area contributed by atoms with E-state index in [1.807, 2.05) is 37.3 Å². The molecule has 3 amide bonds. The highest BCUT2D eigenvalue weighted by molar-refractivity contribution is 6.02. The molecule has 0 bridgehead atoms. The summed E-state index contributed by atoms with van der Waals surface area (Å²) in [5, 5.41) is 2.87. The number of pyridine rings is 1. The van der Waals surface area contributed by atoms with Gasteiger partial charge in [0.05, 0.1) is 10.9 Å². The number of benzene rings is 2. The maximum atomic E-state index is 13.8. The molecule has 0 aliphatic carbocycles. The van der Waals surface area contributed by atoms with Crippen molar-refractivity contribution in [2.75, 3.05) is 28.2 Å². The van der Waals surface area contributed by atoms with E-state index in [0.717, 1.165) is 5.56 Å². The second-order valence-electron chi connectivity index (χ2n) is 10.1. The molecule has 1 N–H and O–H groups in total. The van der Waals surface area contributed by atoms with Gasteiger partial charge in [0.2, 0.25) is 0 Å². The lowest BCUT2D eigenvalue weighted by atomic mass is 10.1. The van der Waals surface area contributed by atoms with Gasteiger partial charge in [0.15, 0.2) is 0 Å². The summed E-state index contributed by atoms with van der Waals surface area (Å²) in [4.78, 5) is 51.2. The Kier molecular flexibility index (Phi) is 8.47. The van der Waals surface area contributed by atoms with Crippen LogP contribution in [0.15, 0.2) is 76.1 Å². The molecule has 0 unspecified atom stereocenters. The first-order valence-corrected chi connectivity index (χ1v) is 13.1. The number of hydrogen-bond donors (Lipinski definition) is 1. The topological polar surface area (TPSA) is 118 Å². The van der Waals surface area contributed by atoms with E-state index in [2.05, 4.69) is 15.3 Å². The van der Waals surface area contributed by atoms with Crippen molar-refractivity contribution in [3.8, 4) is 0 Å². The van der Waals surface area contributed by atoms with Crippen molar-refractivity contribution < 1.29 is 18.7 Å². The van der Waals surface area contributed by atoms with Crippen LogP contribution in [-0.2, 0) is 11.2 Å². The highest BCUT2D eigenvalue weighted by atomic mass is 16.6. The van der Waals surface area contributed by atoms with Gasteiger partial charge in [-0.3, -0.25) is 10.2 Å². The first kappa shape index (κ1) is 28.3. The molecule has 2 aromatic carbocycles. The van der Waals surface area contributed by atoms with E-state index in [1.165, 1.54) is 9.80 Å². The molecule has 208 valence electrons. The molecule has 2 aromatic heterocycles. The summed E-state index contributed by atoms with van der Waals surface area (Å²) in [6.07, 6.45) is 1.48. The number of amides is 3. The third-order valence-electron chi connectivity index (χ3n) is 6.08. The fraction of sp³-hybridized carbons (Fsp3) is 0.300. The van der Waals surface area contributed by atoms with Crippen LogP contribution >= 0.6 is 0 Å². The van der Waals surface area contributed by atoms with E-state index in [0.29, 0.717) is 35.6 Å². The van der Waals surface area contributed by atoms with Crippen molar-refractivity contribution in [2.45, 2.75) is 46.6 Å². The quantitative estimate of drug-likeness (QED) is 0.307. The van der Waals surface area contributed by atoms with Crippen molar-refractivity contribution in [1.82, 2.24) is 9.97 Å². The first-order valence-electron chi connectivity index (χ1n) is 13.1. The molecule has 2 heterocycles. The summed E-state index contributed by atoms with van der Waals surface area (Å²) in [5.74, 6) is 0.469. The van der Waals surface area contributed by atoms with Gasteiger partial charge in [-0.1, -0.05) is 36.4 Å². The zero-order valence-electron chi connectivity index (χ0n) is 23.3. The second kappa shape index (κ2) is 12.0. The van der Waals surface area contributed by atoms with E-state index in [-0.39, 0.29) is 17.9 Å². The van der Waals surface area contributed by atoms with Gasteiger partial charge in [0.1, 0.15) is 11.4 Å². The average Bonchev–Trinajstić information content (AvgIpc) is 2.91. The third kappa shape index (κ3) is 6.63. The van der Waals surface area contributed by atoms with E-state index in [9.17, 15) is 14.4 Å². The molecule has 0 saturated carbocycles. The van der Waals surface area contributed by atoms with E-state index in [1.54, 1.807) is 64.2 Å². The maximum absolute atomic E-state index is 13.8.